The molecule has 1 saturated carbocycles. The minimum atomic E-state index is -0.0279. The van der Waals surface area contributed by atoms with E-state index in [1.165, 1.54) is 24.8 Å². The first-order valence-electron chi connectivity index (χ1n) is 6.67. The third-order valence-electron chi connectivity index (χ3n) is 3.42. The predicted molar refractivity (Wildman–Crippen MR) is 77.4 cm³/mol. The van der Waals surface area contributed by atoms with E-state index >= 15 is 0 Å². The van der Waals surface area contributed by atoms with Crippen LogP contribution in [0.15, 0.2) is 30.3 Å². The maximum absolute atomic E-state index is 11.4. The summed E-state index contributed by atoms with van der Waals surface area (Å²) in [6, 6.07) is 10.5. The first-order chi connectivity index (χ1) is 8.70. The van der Waals surface area contributed by atoms with E-state index in [1.807, 2.05) is 17.8 Å². The van der Waals surface area contributed by atoms with Gasteiger partial charge < -0.3 is 5.32 Å². The van der Waals surface area contributed by atoms with Crippen molar-refractivity contribution in [2.75, 3.05) is 0 Å². The second-order valence-electron chi connectivity index (χ2n) is 5.01. The van der Waals surface area contributed by atoms with Crippen molar-refractivity contribution in [1.29, 1.82) is 0 Å². The standard InChI is InChI=1S/C15H21NOS/c1-13(17)16-15(10-6-3-7-11-15)18-12-14-8-4-2-5-9-14/h2,4-5,8-9H,3,6-7,10-12H2,1H3,(H,16,17). The molecular weight excluding hydrogens is 242 g/mol. The SMILES string of the molecule is CC(=O)NC1(SCc2ccccc2)CCCCC1. The lowest BCUT2D eigenvalue weighted by atomic mass is 9.94. The van der Waals surface area contributed by atoms with Crippen LogP contribution in [0.3, 0.4) is 0 Å². The summed E-state index contributed by atoms with van der Waals surface area (Å²) < 4.78 is 0. The first-order valence-corrected chi connectivity index (χ1v) is 7.65. The molecule has 18 heavy (non-hydrogen) atoms. The van der Waals surface area contributed by atoms with Gasteiger partial charge in [0.05, 0.1) is 4.87 Å². The molecule has 2 nitrogen and oxygen atoms in total. The smallest absolute Gasteiger partial charge is 0.217 e. The third-order valence-corrected chi connectivity index (χ3v) is 4.96. The third kappa shape index (κ3) is 3.77. The van der Waals surface area contributed by atoms with Gasteiger partial charge in [-0.05, 0) is 18.4 Å². The number of carbonyl (C=O) groups is 1. The average Bonchev–Trinajstić information content (AvgIpc) is 2.38. The number of thioether (sulfide) groups is 1. The van der Waals surface area contributed by atoms with Crippen molar-refractivity contribution in [2.45, 2.75) is 49.7 Å². The van der Waals surface area contributed by atoms with Crippen molar-refractivity contribution in [2.24, 2.45) is 0 Å². The fraction of sp³-hybridized carbons (Fsp3) is 0.533. The van der Waals surface area contributed by atoms with E-state index < -0.39 is 0 Å². The van der Waals surface area contributed by atoms with E-state index in [9.17, 15) is 4.79 Å². The summed E-state index contributed by atoms with van der Waals surface area (Å²) in [6.45, 7) is 1.62. The van der Waals surface area contributed by atoms with Crippen LogP contribution in [0.2, 0.25) is 0 Å². The molecule has 0 bridgehead atoms. The highest BCUT2D eigenvalue weighted by atomic mass is 32.2. The van der Waals surface area contributed by atoms with Gasteiger partial charge in [-0.1, -0.05) is 49.6 Å². The monoisotopic (exact) mass is 263 g/mol. The molecule has 0 aromatic heterocycles. The van der Waals surface area contributed by atoms with Gasteiger partial charge >= 0.3 is 0 Å². The number of benzene rings is 1. The number of rotatable bonds is 4. The molecule has 1 aromatic carbocycles. The zero-order valence-electron chi connectivity index (χ0n) is 10.9. The van der Waals surface area contributed by atoms with Crippen LogP contribution in [-0.4, -0.2) is 10.8 Å². The molecule has 1 amide bonds. The Morgan fingerprint density at radius 2 is 1.89 bits per heavy atom. The van der Waals surface area contributed by atoms with Gasteiger partial charge in [-0.25, -0.2) is 0 Å². The average molecular weight is 263 g/mol. The Morgan fingerprint density at radius 3 is 2.50 bits per heavy atom. The highest BCUT2D eigenvalue weighted by Crippen LogP contribution is 2.39. The number of hydrogen-bond donors (Lipinski definition) is 1. The summed E-state index contributed by atoms with van der Waals surface area (Å²) in [5.41, 5.74) is 1.33. The van der Waals surface area contributed by atoms with Gasteiger partial charge in [0.25, 0.3) is 0 Å². The maximum Gasteiger partial charge on any atom is 0.217 e. The van der Waals surface area contributed by atoms with Crippen LogP contribution >= 0.6 is 11.8 Å². The molecule has 1 aliphatic rings. The van der Waals surface area contributed by atoms with Crippen LogP contribution in [0.1, 0.15) is 44.6 Å². The summed E-state index contributed by atoms with van der Waals surface area (Å²) >= 11 is 1.89. The highest BCUT2D eigenvalue weighted by molar-refractivity contribution is 7.99. The molecule has 0 heterocycles. The number of hydrogen-bond acceptors (Lipinski definition) is 2. The zero-order valence-corrected chi connectivity index (χ0v) is 11.8. The quantitative estimate of drug-likeness (QED) is 0.839. The molecule has 0 aliphatic heterocycles. The second-order valence-corrected chi connectivity index (χ2v) is 6.37. The second kappa shape index (κ2) is 6.28. The van der Waals surface area contributed by atoms with Gasteiger partial charge in [-0.3, -0.25) is 4.79 Å². The molecule has 1 fully saturated rings. The van der Waals surface area contributed by atoms with Crippen molar-refractivity contribution in [3.05, 3.63) is 35.9 Å². The molecule has 0 saturated heterocycles. The molecule has 1 N–H and O–H groups in total. The van der Waals surface area contributed by atoms with Crippen LogP contribution in [0.25, 0.3) is 0 Å². The van der Waals surface area contributed by atoms with Crippen molar-refractivity contribution in [3.8, 4) is 0 Å². The minimum absolute atomic E-state index is 0.0279. The number of amides is 1. The molecule has 2 rings (SSSR count). The van der Waals surface area contributed by atoms with Crippen LogP contribution in [-0.2, 0) is 10.5 Å². The number of carbonyl (C=O) groups excluding carboxylic acids is 1. The summed E-state index contributed by atoms with van der Waals surface area (Å²) in [5, 5.41) is 3.19. The Balaban J connectivity index is 1.99. The lowest BCUT2D eigenvalue weighted by Gasteiger charge is -2.37. The Hall–Kier alpha value is -0.960. The van der Waals surface area contributed by atoms with E-state index in [-0.39, 0.29) is 10.8 Å². The summed E-state index contributed by atoms with van der Waals surface area (Å²) in [7, 11) is 0. The Kier molecular flexibility index (Phi) is 4.70. The van der Waals surface area contributed by atoms with Crippen LogP contribution < -0.4 is 5.32 Å². The normalized spacial score (nSPS) is 18.3. The summed E-state index contributed by atoms with van der Waals surface area (Å²) in [6.07, 6.45) is 5.95. The van der Waals surface area contributed by atoms with Gasteiger partial charge in [-0.2, -0.15) is 0 Å². The molecule has 0 atom stereocenters. The molecule has 3 heteroatoms. The van der Waals surface area contributed by atoms with Gasteiger partial charge in [0.15, 0.2) is 0 Å². The molecule has 0 radical (unpaired) electrons. The molecule has 1 aliphatic carbocycles. The summed E-state index contributed by atoms with van der Waals surface area (Å²) in [4.78, 5) is 11.4. The largest absolute Gasteiger partial charge is 0.342 e. The van der Waals surface area contributed by atoms with Crippen LogP contribution in [0.5, 0.6) is 0 Å². The Bertz CT molecular complexity index is 385. The zero-order chi connectivity index (χ0) is 12.8. The molecule has 0 unspecified atom stereocenters. The minimum Gasteiger partial charge on any atom is -0.342 e. The topological polar surface area (TPSA) is 29.1 Å². The summed E-state index contributed by atoms with van der Waals surface area (Å²) in [5.74, 6) is 1.07. The molecule has 1 aromatic rings. The van der Waals surface area contributed by atoms with E-state index in [0.717, 1.165) is 18.6 Å². The van der Waals surface area contributed by atoms with Crippen molar-refractivity contribution in [1.82, 2.24) is 5.32 Å². The van der Waals surface area contributed by atoms with E-state index in [2.05, 4.69) is 29.6 Å². The molecular formula is C15H21NOS. The molecule has 98 valence electrons. The van der Waals surface area contributed by atoms with E-state index in [0.29, 0.717) is 0 Å². The first kappa shape index (κ1) is 13.5. The Labute approximate surface area is 114 Å². The van der Waals surface area contributed by atoms with Gasteiger partial charge in [0.1, 0.15) is 0 Å². The molecule has 0 spiro atoms. The van der Waals surface area contributed by atoms with Crippen LogP contribution in [0.4, 0.5) is 0 Å². The Morgan fingerprint density at radius 1 is 1.22 bits per heavy atom. The van der Waals surface area contributed by atoms with Gasteiger partial charge in [0, 0.05) is 12.7 Å². The maximum atomic E-state index is 11.4. The van der Waals surface area contributed by atoms with E-state index in [4.69, 9.17) is 0 Å². The van der Waals surface area contributed by atoms with E-state index in [1.54, 1.807) is 6.92 Å². The van der Waals surface area contributed by atoms with Crippen molar-refractivity contribution in [3.63, 3.8) is 0 Å². The van der Waals surface area contributed by atoms with Gasteiger partial charge in [-0.15, -0.1) is 11.8 Å². The number of nitrogens with one attached hydrogen (secondary N) is 1. The fourth-order valence-corrected chi connectivity index (χ4v) is 3.97. The lowest BCUT2D eigenvalue weighted by Crippen LogP contribution is -2.46. The fourth-order valence-electron chi connectivity index (χ4n) is 2.54. The highest BCUT2D eigenvalue weighted by Gasteiger charge is 2.33. The predicted octanol–water partition coefficient (Wildman–Crippen LogP) is 3.72. The van der Waals surface area contributed by atoms with Crippen molar-refractivity contribution < 1.29 is 4.79 Å². The van der Waals surface area contributed by atoms with Crippen molar-refractivity contribution >= 4 is 17.7 Å². The lowest BCUT2D eigenvalue weighted by molar-refractivity contribution is -0.120. The van der Waals surface area contributed by atoms with Gasteiger partial charge in [0.2, 0.25) is 5.91 Å². The van der Waals surface area contributed by atoms with Crippen LogP contribution in [0, 0.1) is 0 Å².